The van der Waals surface area contributed by atoms with Gasteiger partial charge in [0.25, 0.3) is 0 Å². The van der Waals surface area contributed by atoms with Gasteiger partial charge in [0.05, 0.1) is 16.1 Å². The maximum atomic E-state index is 10.8. The Kier molecular flexibility index (Phi) is 4.65. The van der Waals surface area contributed by atoms with Crippen molar-refractivity contribution < 1.29 is 9.90 Å². The first kappa shape index (κ1) is 14.9. The SMILES string of the molecule is CCCn1c(CC(C)CC(=O)O)nc2cccc(Cl)c21. The van der Waals surface area contributed by atoms with E-state index in [9.17, 15) is 4.79 Å². The molecular weight excluding hydrogens is 276 g/mol. The van der Waals surface area contributed by atoms with E-state index < -0.39 is 5.97 Å². The molecule has 0 saturated heterocycles. The number of carboxylic acid groups (broad SMARTS) is 1. The second-order valence-corrected chi connectivity index (χ2v) is 5.60. The summed E-state index contributed by atoms with van der Waals surface area (Å²) < 4.78 is 2.12. The number of carboxylic acids is 1. The summed E-state index contributed by atoms with van der Waals surface area (Å²) in [5, 5.41) is 9.57. The van der Waals surface area contributed by atoms with Crippen LogP contribution in [0.3, 0.4) is 0 Å². The second kappa shape index (κ2) is 6.27. The van der Waals surface area contributed by atoms with Crippen LogP contribution in [0.5, 0.6) is 0 Å². The van der Waals surface area contributed by atoms with Crippen LogP contribution in [-0.4, -0.2) is 20.6 Å². The number of aromatic nitrogens is 2. The van der Waals surface area contributed by atoms with E-state index in [4.69, 9.17) is 16.7 Å². The number of rotatable bonds is 6. The zero-order chi connectivity index (χ0) is 14.7. The number of hydrogen-bond donors (Lipinski definition) is 1. The van der Waals surface area contributed by atoms with Gasteiger partial charge in [-0.3, -0.25) is 4.79 Å². The molecule has 0 amide bonds. The Morgan fingerprint density at radius 3 is 2.90 bits per heavy atom. The third-order valence-corrected chi connectivity index (χ3v) is 3.60. The van der Waals surface area contributed by atoms with Gasteiger partial charge in [0.2, 0.25) is 0 Å². The molecular formula is C15H19ClN2O2. The molecule has 0 bridgehead atoms. The lowest BCUT2D eigenvalue weighted by molar-refractivity contribution is -0.137. The smallest absolute Gasteiger partial charge is 0.303 e. The van der Waals surface area contributed by atoms with E-state index in [2.05, 4.69) is 16.5 Å². The Labute approximate surface area is 123 Å². The quantitative estimate of drug-likeness (QED) is 0.882. The lowest BCUT2D eigenvalue weighted by atomic mass is 10.0. The monoisotopic (exact) mass is 294 g/mol. The minimum Gasteiger partial charge on any atom is -0.481 e. The molecule has 1 aromatic heterocycles. The summed E-state index contributed by atoms with van der Waals surface area (Å²) in [7, 11) is 0. The molecule has 1 unspecified atom stereocenters. The fourth-order valence-corrected chi connectivity index (χ4v) is 2.76. The average Bonchev–Trinajstić information content (AvgIpc) is 2.68. The van der Waals surface area contributed by atoms with Crippen molar-refractivity contribution >= 4 is 28.6 Å². The number of aryl methyl sites for hydroxylation is 1. The highest BCUT2D eigenvalue weighted by molar-refractivity contribution is 6.35. The van der Waals surface area contributed by atoms with Crippen molar-refractivity contribution in [2.75, 3.05) is 0 Å². The van der Waals surface area contributed by atoms with E-state index in [1.165, 1.54) is 0 Å². The molecule has 2 aromatic rings. The van der Waals surface area contributed by atoms with Crippen LogP contribution in [0.1, 0.15) is 32.5 Å². The number of hydrogen-bond acceptors (Lipinski definition) is 2. The molecule has 1 atom stereocenters. The summed E-state index contributed by atoms with van der Waals surface area (Å²) >= 11 is 6.28. The highest BCUT2D eigenvalue weighted by atomic mass is 35.5. The molecule has 5 heteroatoms. The highest BCUT2D eigenvalue weighted by Crippen LogP contribution is 2.26. The lowest BCUT2D eigenvalue weighted by Crippen LogP contribution is -2.11. The first-order chi connectivity index (χ1) is 9.52. The third-order valence-electron chi connectivity index (χ3n) is 3.30. The van der Waals surface area contributed by atoms with E-state index in [0.717, 1.165) is 29.8 Å². The van der Waals surface area contributed by atoms with Crippen LogP contribution in [-0.2, 0) is 17.8 Å². The van der Waals surface area contributed by atoms with Gasteiger partial charge in [-0.25, -0.2) is 4.98 Å². The Balaban J connectivity index is 2.39. The van der Waals surface area contributed by atoms with Crippen molar-refractivity contribution in [3.05, 3.63) is 29.0 Å². The summed E-state index contributed by atoms with van der Waals surface area (Å²) in [5.41, 5.74) is 1.83. The van der Waals surface area contributed by atoms with Crippen molar-refractivity contribution in [3.63, 3.8) is 0 Å². The van der Waals surface area contributed by atoms with E-state index in [-0.39, 0.29) is 12.3 Å². The molecule has 0 aliphatic heterocycles. The third kappa shape index (κ3) is 3.12. The number of fused-ring (bicyclic) bond motifs is 1. The number of nitrogens with zero attached hydrogens (tertiary/aromatic N) is 2. The van der Waals surface area contributed by atoms with Gasteiger partial charge in [0.1, 0.15) is 5.82 Å². The molecule has 4 nitrogen and oxygen atoms in total. The molecule has 2 rings (SSSR count). The number of carbonyl (C=O) groups is 1. The maximum absolute atomic E-state index is 10.8. The van der Waals surface area contributed by atoms with Gasteiger partial charge in [-0.1, -0.05) is 31.5 Å². The molecule has 1 heterocycles. The molecule has 0 aliphatic carbocycles. The van der Waals surface area contributed by atoms with Crippen molar-refractivity contribution in [1.82, 2.24) is 9.55 Å². The number of para-hydroxylation sites is 1. The summed E-state index contributed by atoms with van der Waals surface area (Å²) in [6.07, 6.45) is 1.79. The second-order valence-electron chi connectivity index (χ2n) is 5.19. The summed E-state index contributed by atoms with van der Waals surface area (Å²) in [4.78, 5) is 15.4. The normalized spacial score (nSPS) is 12.8. The minimum atomic E-state index is -0.770. The fraction of sp³-hybridized carbons (Fsp3) is 0.467. The van der Waals surface area contributed by atoms with Crippen molar-refractivity contribution in [1.29, 1.82) is 0 Å². The fourth-order valence-electron chi connectivity index (χ4n) is 2.49. The van der Waals surface area contributed by atoms with Crippen LogP contribution in [0.4, 0.5) is 0 Å². The Hall–Kier alpha value is -1.55. The topological polar surface area (TPSA) is 55.1 Å². The molecule has 1 N–H and O–H groups in total. The summed E-state index contributed by atoms with van der Waals surface area (Å²) in [6, 6.07) is 5.69. The Bertz CT molecular complexity index is 622. The first-order valence-electron chi connectivity index (χ1n) is 6.88. The number of benzene rings is 1. The van der Waals surface area contributed by atoms with Gasteiger partial charge < -0.3 is 9.67 Å². The predicted octanol–water partition coefficient (Wildman–Crippen LogP) is 3.75. The van der Waals surface area contributed by atoms with Crippen LogP contribution in [0.15, 0.2) is 18.2 Å². The highest BCUT2D eigenvalue weighted by Gasteiger charge is 2.16. The molecule has 108 valence electrons. The van der Waals surface area contributed by atoms with E-state index in [1.54, 1.807) is 0 Å². The van der Waals surface area contributed by atoms with Crippen LogP contribution in [0.2, 0.25) is 5.02 Å². The Morgan fingerprint density at radius 2 is 2.25 bits per heavy atom. The van der Waals surface area contributed by atoms with E-state index in [0.29, 0.717) is 11.4 Å². The molecule has 0 fully saturated rings. The molecule has 0 spiro atoms. The standard InChI is InChI=1S/C15H19ClN2O2/c1-3-7-18-13(8-10(2)9-14(19)20)17-12-6-4-5-11(16)15(12)18/h4-6,10H,3,7-9H2,1-2H3,(H,19,20). The summed E-state index contributed by atoms with van der Waals surface area (Å²) in [6.45, 7) is 4.88. The summed E-state index contributed by atoms with van der Waals surface area (Å²) in [5.74, 6) is 0.205. The predicted molar refractivity (Wildman–Crippen MR) is 80.2 cm³/mol. The Morgan fingerprint density at radius 1 is 1.50 bits per heavy atom. The first-order valence-corrected chi connectivity index (χ1v) is 7.26. The zero-order valence-corrected chi connectivity index (χ0v) is 12.5. The van der Waals surface area contributed by atoms with Crippen molar-refractivity contribution in [3.8, 4) is 0 Å². The number of halogens is 1. The van der Waals surface area contributed by atoms with Gasteiger partial charge in [-0.2, -0.15) is 0 Å². The lowest BCUT2D eigenvalue weighted by Gasteiger charge is -2.11. The van der Waals surface area contributed by atoms with Gasteiger partial charge >= 0.3 is 5.97 Å². The van der Waals surface area contributed by atoms with Crippen molar-refractivity contribution in [2.24, 2.45) is 5.92 Å². The zero-order valence-electron chi connectivity index (χ0n) is 11.8. The van der Waals surface area contributed by atoms with Gasteiger partial charge in [-0.15, -0.1) is 0 Å². The largest absolute Gasteiger partial charge is 0.481 e. The number of aliphatic carboxylic acids is 1. The van der Waals surface area contributed by atoms with Gasteiger partial charge in [-0.05, 0) is 24.5 Å². The van der Waals surface area contributed by atoms with Crippen molar-refractivity contribution in [2.45, 2.75) is 39.7 Å². The van der Waals surface area contributed by atoms with Crippen LogP contribution >= 0.6 is 11.6 Å². The maximum Gasteiger partial charge on any atom is 0.303 e. The molecule has 20 heavy (non-hydrogen) atoms. The molecule has 0 saturated carbocycles. The van der Waals surface area contributed by atoms with Gasteiger partial charge in [0, 0.05) is 19.4 Å². The molecule has 1 aromatic carbocycles. The average molecular weight is 295 g/mol. The number of imidazole rings is 1. The van der Waals surface area contributed by atoms with Crippen LogP contribution in [0, 0.1) is 5.92 Å². The van der Waals surface area contributed by atoms with Crippen LogP contribution < -0.4 is 0 Å². The molecule has 0 aliphatic rings. The van der Waals surface area contributed by atoms with E-state index in [1.807, 2.05) is 25.1 Å². The van der Waals surface area contributed by atoms with E-state index >= 15 is 0 Å². The minimum absolute atomic E-state index is 0.0543. The molecule has 0 radical (unpaired) electrons. The van der Waals surface area contributed by atoms with Crippen LogP contribution in [0.25, 0.3) is 11.0 Å². The van der Waals surface area contributed by atoms with Gasteiger partial charge in [0.15, 0.2) is 0 Å².